The molecule has 0 saturated carbocycles. The van der Waals surface area contributed by atoms with Crippen molar-refractivity contribution in [1.29, 1.82) is 0 Å². The van der Waals surface area contributed by atoms with Crippen molar-refractivity contribution in [1.82, 2.24) is 9.97 Å². The van der Waals surface area contributed by atoms with E-state index in [0.717, 1.165) is 49.6 Å². The Morgan fingerprint density at radius 2 is 2.18 bits per heavy atom. The first kappa shape index (κ1) is 11.9. The van der Waals surface area contributed by atoms with Crippen molar-refractivity contribution in [3.8, 4) is 0 Å². The third kappa shape index (κ3) is 3.46. The molecule has 92 valence electrons. The molecular formula is C13H19N3O. The van der Waals surface area contributed by atoms with Gasteiger partial charge < -0.3 is 15.0 Å². The van der Waals surface area contributed by atoms with Gasteiger partial charge in [-0.3, -0.25) is 0 Å². The van der Waals surface area contributed by atoms with Crippen LogP contribution in [0.15, 0.2) is 24.3 Å². The molecule has 0 saturated heterocycles. The standard InChI is InChI=1S/C13H19N3O/c1-2-17-10-6-5-9-14-13-15-11-7-3-4-8-12(11)16-13/h3-4,7-8H,2,5-6,9-10H2,1H3,(H2,14,15,16). The highest BCUT2D eigenvalue weighted by molar-refractivity contribution is 5.77. The molecule has 0 aliphatic heterocycles. The number of aromatic nitrogens is 2. The number of fused-ring (bicyclic) bond motifs is 1. The maximum absolute atomic E-state index is 5.28. The highest BCUT2D eigenvalue weighted by Gasteiger charge is 1.99. The van der Waals surface area contributed by atoms with Gasteiger partial charge in [0, 0.05) is 19.8 Å². The number of imidazole rings is 1. The first-order valence-corrected chi connectivity index (χ1v) is 6.16. The third-order valence-electron chi connectivity index (χ3n) is 2.60. The Morgan fingerprint density at radius 3 is 3.00 bits per heavy atom. The number of benzene rings is 1. The van der Waals surface area contributed by atoms with Crippen LogP contribution in [-0.4, -0.2) is 29.7 Å². The van der Waals surface area contributed by atoms with E-state index in [-0.39, 0.29) is 0 Å². The molecule has 4 heteroatoms. The van der Waals surface area contributed by atoms with E-state index in [2.05, 4.69) is 15.3 Å². The van der Waals surface area contributed by atoms with Crippen molar-refractivity contribution in [3.05, 3.63) is 24.3 Å². The predicted octanol–water partition coefficient (Wildman–Crippen LogP) is 2.79. The number of hydrogen-bond donors (Lipinski definition) is 2. The van der Waals surface area contributed by atoms with E-state index in [4.69, 9.17) is 4.74 Å². The fourth-order valence-corrected chi connectivity index (χ4v) is 1.72. The average molecular weight is 233 g/mol. The zero-order chi connectivity index (χ0) is 11.9. The van der Waals surface area contributed by atoms with Crippen molar-refractivity contribution in [3.63, 3.8) is 0 Å². The molecule has 1 aromatic carbocycles. The Hall–Kier alpha value is -1.55. The highest BCUT2D eigenvalue weighted by Crippen LogP contribution is 2.13. The molecule has 0 spiro atoms. The van der Waals surface area contributed by atoms with Gasteiger partial charge in [-0.15, -0.1) is 0 Å². The van der Waals surface area contributed by atoms with E-state index >= 15 is 0 Å². The van der Waals surface area contributed by atoms with Crippen molar-refractivity contribution in [2.75, 3.05) is 25.1 Å². The molecule has 0 aliphatic rings. The van der Waals surface area contributed by atoms with Crippen molar-refractivity contribution in [2.24, 2.45) is 0 Å². The number of ether oxygens (including phenoxy) is 1. The topological polar surface area (TPSA) is 49.9 Å². The zero-order valence-corrected chi connectivity index (χ0v) is 10.2. The van der Waals surface area contributed by atoms with E-state index < -0.39 is 0 Å². The van der Waals surface area contributed by atoms with Crippen LogP contribution >= 0.6 is 0 Å². The maximum Gasteiger partial charge on any atom is 0.201 e. The van der Waals surface area contributed by atoms with Crippen LogP contribution in [0.4, 0.5) is 5.95 Å². The number of aromatic amines is 1. The van der Waals surface area contributed by atoms with Crippen molar-refractivity contribution in [2.45, 2.75) is 19.8 Å². The Balaban J connectivity index is 1.75. The number of rotatable bonds is 7. The summed E-state index contributed by atoms with van der Waals surface area (Å²) in [5, 5.41) is 3.29. The molecule has 0 atom stereocenters. The number of anilines is 1. The van der Waals surface area contributed by atoms with E-state index in [1.54, 1.807) is 0 Å². The van der Waals surface area contributed by atoms with E-state index in [1.165, 1.54) is 0 Å². The number of hydrogen-bond acceptors (Lipinski definition) is 3. The fraction of sp³-hybridized carbons (Fsp3) is 0.462. The van der Waals surface area contributed by atoms with Crippen LogP contribution in [0.3, 0.4) is 0 Å². The fourth-order valence-electron chi connectivity index (χ4n) is 1.72. The van der Waals surface area contributed by atoms with Crippen molar-refractivity contribution >= 4 is 17.0 Å². The Bertz CT molecular complexity index is 420. The molecule has 0 fully saturated rings. The number of nitrogens with zero attached hydrogens (tertiary/aromatic N) is 1. The number of para-hydroxylation sites is 2. The van der Waals surface area contributed by atoms with Gasteiger partial charge in [-0.25, -0.2) is 4.98 Å². The molecule has 0 unspecified atom stereocenters. The Labute approximate surface area is 101 Å². The molecule has 2 aromatic rings. The van der Waals surface area contributed by atoms with E-state index in [1.807, 2.05) is 31.2 Å². The predicted molar refractivity (Wildman–Crippen MR) is 70.3 cm³/mol. The minimum Gasteiger partial charge on any atom is -0.382 e. The summed E-state index contributed by atoms with van der Waals surface area (Å²) >= 11 is 0. The maximum atomic E-state index is 5.28. The monoisotopic (exact) mass is 233 g/mol. The minimum absolute atomic E-state index is 0.803. The summed E-state index contributed by atoms with van der Waals surface area (Å²) in [6.07, 6.45) is 2.18. The van der Waals surface area contributed by atoms with Gasteiger partial charge in [0.2, 0.25) is 5.95 Å². The molecule has 1 aromatic heterocycles. The normalized spacial score (nSPS) is 10.9. The molecule has 0 amide bonds. The lowest BCUT2D eigenvalue weighted by atomic mass is 10.3. The first-order valence-electron chi connectivity index (χ1n) is 6.16. The summed E-state index contributed by atoms with van der Waals surface area (Å²) in [6.45, 7) is 4.59. The van der Waals surface area contributed by atoms with Crippen LogP contribution < -0.4 is 5.32 Å². The second-order valence-electron chi connectivity index (χ2n) is 3.93. The van der Waals surface area contributed by atoms with Crippen molar-refractivity contribution < 1.29 is 4.74 Å². The summed E-state index contributed by atoms with van der Waals surface area (Å²) in [5.74, 6) is 0.850. The van der Waals surface area contributed by atoms with Crippen LogP contribution in [0.5, 0.6) is 0 Å². The van der Waals surface area contributed by atoms with Crippen LogP contribution in [0.1, 0.15) is 19.8 Å². The van der Waals surface area contributed by atoms with Crippen LogP contribution in [-0.2, 0) is 4.74 Å². The molecule has 2 N–H and O–H groups in total. The van der Waals surface area contributed by atoms with Crippen LogP contribution in [0.25, 0.3) is 11.0 Å². The summed E-state index contributed by atoms with van der Waals surface area (Å²) < 4.78 is 5.28. The van der Waals surface area contributed by atoms with Gasteiger partial charge >= 0.3 is 0 Å². The van der Waals surface area contributed by atoms with Gasteiger partial charge in [0.1, 0.15) is 0 Å². The lowest BCUT2D eigenvalue weighted by Crippen LogP contribution is -2.04. The summed E-state index contributed by atoms with van der Waals surface area (Å²) in [6, 6.07) is 8.04. The summed E-state index contributed by atoms with van der Waals surface area (Å²) in [4.78, 5) is 7.69. The second kappa shape index (κ2) is 6.25. The first-order chi connectivity index (χ1) is 8.40. The Kier molecular flexibility index (Phi) is 4.38. The highest BCUT2D eigenvalue weighted by atomic mass is 16.5. The van der Waals surface area contributed by atoms with Gasteiger partial charge in [0.25, 0.3) is 0 Å². The van der Waals surface area contributed by atoms with Gasteiger partial charge in [0.05, 0.1) is 11.0 Å². The number of nitrogens with one attached hydrogen (secondary N) is 2. The molecular weight excluding hydrogens is 214 g/mol. The molecule has 17 heavy (non-hydrogen) atoms. The lowest BCUT2D eigenvalue weighted by molar-refractivity contribution is 0.144. The van der Waals surface area contributed by atoms with Crippen LogP contribution in [0.2, 0.25) is 0 Å². The smallest absolute Gasteiger partial charge is 0.201 e. The van der Waals surface area contributed by atoms with Gasteiger partial charge in [0.15, 0.2) is 0 Å². The molecule has 0 bridgehead atoms. The van der Waals surface area contributed by atoms with Gasteiger partial charge in [-0.05, 0) is 31.9 Å². The molecule has 4 nitrogen and oxygen atoms in total. The molecule has 2 rings (SSSR count). The Morgan fingerprint density at radius 1 is 1.29 bits per heavy atom. The number of H-pyrrole nitrogens is 1. The molecule has 0 radical (unpaired) electrons. The lowest BCUT2D eigenvalue weighted by Gasteiger charge is -2.02. The van der Waals surface area contributed by atoms with E-state index in [0.29, 0.717) is 0 Å². The summed E-state index contributed by atoms with van der Waals surface area (Å²) in [7, 11) is 0. The number of unbranched alkanes of at least 4 members (excludes halogenated alkanes) is 1. The zero-order valence-electron chi connectivity index (χ0n) is 10.2. The third-order valence-corrected chi connectivity index (χ3v) is 2.60. The largest absolute Gasteiger partial charge is 0.382 e. The summed E-state index contributed by atoms with van der Waals surface area (Å²) in [5.41, 5.74) is 2.08. The quantitative estimate of drug-likeness (QED) is 0.723. The second-order valence-corrected chi connectivity index (χ2v) is 3.93. The van der Waals surface area contributed by atoms with Crippen LogP contribution in [0, 0.1) is 0 Å². The molecule has 0 aliphatic carbocycles. The van der Waals surface area contributed by atoms with Gasteiger partial charge in [-0.2, -0.15) is 0 Å². The average Bonchev–Trinajstić information content (AvgIpc) is 2.76. The SMILES string of the molecule is CCOCCCCNc1nc2ccccc2[nH]1. The molecule has 1 heterocycles. The van der Waals surface area contributed by atoms with E-state index in [9.17, 15) is 0 Å². The minimum atomic E-state index is 0.803. The van der Waals surface area contributed by atoms with Gasteiger partial charge in [-0.1, -0.05) is 12.1 Å².